The van der Waals surface area contributed by atoms with Gasteiger partial charge in [-0.2, -0.15) is 0 Å². The largest absolute Gasteiger partial charge is 0.468 e. The van der Waals surface area contributed by atoms with E-state index in [-0.39, 0.29) is 24.3 Å². The van der Waals surface area contributed by atoms with Crippen molar-refractivity contribution < 1.29 is 19.1 Å². The van der Waals surface area contributed by atoms with Gasteiger partial charge in [-0.05, 0) is 37.1 Å². The molecule has 0 aromatic carbocycles. The van der Waals surface area contributed by atoms with Gasteiger partial charge in [0.25, 0.3) is 0 Å². The Hall–Kier alpha value is -3.26. The van der Waals surface area contributed by atoms with Crippen LogP contribution in [0.5, 0.6) is 0 Å². The van der Waals surface area contributed by atoms with Gasteiger partial charge >= 0.3 is 5.97 Å². The topological polar surface area (TPSA) is 99.1 Å². The van der Waals surface area contributed by atoms with Crippen LogP contribution in [-0.2, 0) is 16.0 Å². The molecule has 3 rings (SSSR count). The number of esters is 1. The number of thiazole rings is 1. The Bertz CT molecular complexity index is 1050. The number of hydrogen-bond donors (Lipinski definition) is 0. The highest BCUT2D eigenvalue weighted by molar-refractivity contribution is 7.07. The predicted molar refractivity (Wildman–Crippen MR) is 112 cm³/mol. The fourth-order valence-electron chi connectivity index (χ4n) is 3.07. The summed E-state index contributed by atoms with van der Waals surface area (Å²) in [4.78, 5) is 50.5. The molecule has 3 aromatic rings. The van der Waals surface area contributed by atoms with Crippen LogP contribution in [0.15, 0.2) is 47.4 Å². The molecule has 0 N–H and O–H groups in total. The molecule has 8 heteroatoms. The number of nitrogens with zero attached hydrogens (tertiary/aromatic N) is 3. The summed E-state index contributed by atoms with van der Waals surface area (Å²) >= 11 is 1.49. The molecule has 0 radical (unpaired) electrons. The van der Waals surface area contributed by atoms with Crippen molar-refractivity contribution in [3.63, 3.8) is 0 Å². The first kappa shape index (κ1) is 21.4. The minimum absolute atomic E-state index is 0.00186. The number of methoxy groups -OCH3 is 1. The molecule has 0 bridgehead atoms. The molecule has 0 spiro atoms. The van der Waals surface area contributed by atoms with Gasteiger partial charge in [-0.1, -0.05) is 12.1 Å². The number of carbonyl (C=O) groups excluding carboxylic acids is 3. The summed E-state index contributed by atoms with van der Waals surface area (Å²) in [5.41, 5.74) is 4.53. The molecule has 0 saturated heterocycles. The summed E-state index contributed by atoms with van der Waals surface area (Å²) in [7, 11) is 1.22. The van der Waals surface area contributed by atoms with E-state index in [2.05, 4.69) is 15.0 Å². The Kier molecular flexibility index (Phi) is 7.13. The van der Waals surface area contributed by atoms with Gasteiger partial charge < -0.3 is 4.74 Å². The number of aromatic nitrogens is 3. The standard InChI is InChI=1S/C22H21N3O4S/c1-14-5-4-10-23-20(14)19(26)9-8-17(22(28)29-2)21(27)18-7-3-6-15(25-18)11-16-12-30-13-24-16/h3-7,10,12-13,17H,8-9,11H2,1-2H3. The second-order valence-electron chi connectivity index (χ2n) is 6.74. The lowest BCUT2D eigenvalue weighted by atomic mass is 9.93. The van der Waals surface area contributed by atoms with E-state index in [1.165, 1.54) is 18.4 Å². The number of rotatable bonds is 9. The van der Waals surface area contributed by atoms with Crippen molar-refractivity contribution in [3.8, 4) is 0 Å². The van der Waals surface area contributed by atoms with E-state index in [1.54, 1.807) is 49.0 Å². The molecular weight excluding hydrogens is 402 g/mol. The van der Waals surface area contributed by atoms with Crippen LogP contribution in [-0.4, -0.2) is 39.6 Å². The normalized spacial score (nSPS) is 11.7. The predicted octanol–water partition coefficient (Wildman–Crippen LogP) is 3.47. The number of aryl methyl sites for hydroxylation is 1. The number of ketones is 2. The highest BCUT2D eigenvalue weighted by Crippen LogP contribution is 2.19. The molecular formula is C22H21N3O4S. The van der Waals surface area contributed by atoms with Crippen molar-refractivity contribution in [2.75, 3.05) is 7.11 Å². The summed E-state index contributed by atoms with van der Waals surface area (Å²) in [6, 6.07) is 8.63. The molecule has 7 nitrogen and oxygen atoms in total. The second-order valence-corrected chi connectivity index (χ2v) is 7.46. The van der Waals surface area contributed by atoms with Crippen LogP contribution >= 0.6 is 11.3 Å². The number of pyridine rings is 2. The Morgan fingerprint density at radius 2 is 1.93 bits per heavy atom. The van der Waals surface area contributed by atoms with E-state index < -0.39 is 17.7 Å². The van der Waals surface area contributed by atoms with Crippen LogP contribution in [0.2, 0.25) is 0 Å². The SMILES string of the molecule is COC(=O)C(CCC(=O)c1ncccc1C)C(=O)c1cccc(Cc2cscn2)n1. The van der Waals surface area contributed by atoms with E-state index >= 15 is 0 Å². The van der Waals surface area contributed by atoms with Crippen LogP contribution in [0.25, 0.3) is 0 Å². The van der Waals surface area contributed by atoms with Gasteiger partial charge in [-0.3, -0.25) is 19.4 Å². The summed E-state index contributed by atoms with van der Waals surface area (Å²) in [5.74, 6) is -2.48. The third-order valence-electron chi connectivity index (χ3n) is 4.64. The Balaban J connectivity index is 1.75. The monoisotopic (exact) mass is 423 g/mol. The lowest BCUT2D eigenvalue weighted by molar-refractivity contribution is -0.143. The highest BCUT2D eigenvalue weighted by atomic mass is 32.1. The van der Waals surface area contributed by atoms with Crippen molar-refractivity contribution in [1.29, 1.82) is 0 Å². The first-order valence-electron chi connectivity index (χ1n) is 9.39. The third kappa shape index (κ3) is 5.21. The zero-order valence-electron chi connectivity index (χ0n) is 16.7. The smallest absolute Gasteiger partial charge is 0.316 e. The van der Waals surface area contributed by atoms with Crippen molar-refractivity contribution in [1.82, 2.24) is 15.0 Å². The van der Waals surface area contributed by atoms with Crippen molar-refractivity contribution >= 4 is 28.9 Å². The van der Waals surface area contributed by atoms with Crippen LogP contribution in [0.3, 0.4) is 0 Å². The molecule has 0 saturated carbocycles. The van der Waals surface area contributed by atoms with E-state index in [9.17, 15) is 14.4 Å². The van der Waals surface area contributed by atoms with Gasteiger partial charge in [0.1, 0.15) is 17.3 Å². The molecule has 0 amide bonds. The molecule has 0 fully saturated rings. The lowest BCUT2D eigenvalue weighted by Crippen LogP contribution is -2.27. The van der Waals surface area contributed by atoms with E-state index in [0.29, 0.717) is 17.8 Å². The molecule has 0 aliphatic rings. The number of Topliss-reactive ketones (excluding diaryl/α,β-unsaturated/α-hetero) is 2. The number of carbonyl (C=O) groups is 3. The van der Waals surface area contributed by atoms with E-state index in [0.717, 1.165) is 11.3 Å². The molecule has 3 aromatic heterocycles. The van der Waals surface area contributed by atoms with Crippen LogP contribution < -0.4 is 0 Å². The summed E-state index contributed by atoms with van der Waals surface area (Å²) in [5, 5.41) is 1.92. The second kappa shape index (κ2) is 9.98. The fraction of sp³-hybridized carbons (Fsp3) is 0.273. The first-order valence-corrected chi connectivity index (χ1v) is 10.3. The van der Waals surface area contributed by atoms with Crippen molar-refractivity contribution in [2.45, 2.75) is 26.2 Å². The van der Waals surface area contributed by atoms with Crippen LogP contribution in [0.1, 0.15) is 50.8 Å². The molecule has 1 unspecified atom stereocenters. The quantitative estimate of drug-likeness (QED) is 0.295. The summed E-state index contributed by atoms with van der Waals surface area (Å²) in [6.45, 7) is 1.79. The summed E-state index contributed by atoms with van der Waals surface area (Å²) in [6.07, 6.45) is 2.06. The molecule has 0 aliphatic heterocycles. The maximum Gasteiger partial charge on any atom is 0.316 e. The lowest BCUT2D eigenvalue weighted by Gasteiger charge is -2.13. The van der Waals surface area contributed by atoms with Gasteiger partial charge in [0.2, 0.25) is 0 Å². The van der Waals surface area contributed by atoms with Gasteiger partial charge in [-0.25, -0.2) is 9.97 Å². The molecule has 1 atom stereocenters. The minimum atomic E-state index is -1.11. The van der Waals surface area contributed by atoms with Crippen LogP contribution in [0, 0.1) is 12.8 Å². The van der Waals surface area contributed by atoms with E-state index in [4.69, 9.17) is 4.74 Å². The third-order valence-corrected chi connectivity index (χ3v) is 5.28. The van der Waals surface area contributed by atoms with Gasteiger partial charge in [0.05, 0.1) is 18.3 Å². The first-order chi connectivity index (χ1) is 14.5. The molecule has 30 heavy (non-hydrogen) atoms. The Labute approximate surface area is 178 Å². The maximum absolute atomic E-state index is 13.0. The Morgan fingerprint density at radius 3 is 2.63 bits per heavy atom. The van der Waals surface area contributed by atoms with Gasteiger partial charge in [-0.15, -0.1) is 11.3 Å². The molecule has 3 heterocycles. The fourth-order valence-corrected chi connectivity index (χ4v) is 3.63. The maximum atomic E-state index is 13.0. The zero-order chi connectivity index (χ0) is 21.5. The van der Waals surface area contributed by atoms with Crippen molar-refractivity contribution in [2.24, 2.45) is 5.92 Å². The average molecular weight is 423 g/mol. The molecule has 154 valence electrons. The van der Waals surface area contributed by atoms with Gasteiger partial charge in [0, 0.05) is 30.1 Å². The van der Waals surface area contributed by atoms with E-state index in [1.807, 2.05) is 5.38 Å². The Morgan fingerprint density at radius 1 is 1.10 bits per heavy atom. The summed E-state index contributed by atoms with van der Waals surface area (Å²) < 4.78 is 4.81. The van der Waals surface area contributed by atoms with Crippen LogP contribution in [0.4, 0.5) is 0 Å². The number of hydrogen-bond acceptors (Lipinski definition) is 8. The minimum Gasteiger partial charge on any atom is -0.468 e. The van der Waals surface area contributed by atoms with Gasteiger partial charge in [0.15, 0.2) is 11.6 Å². The zero-order valence-corrected chi connectivity index (χ0v) is 17.5. The molecule has 0 aliphatic carbocycles. The average Bonchev–Trinajstić information content (AvgIpc) is 3.26. The number of ether oxygens (including phenoxy) is 1. The highest BCUT2D eigenvalue weighted by Gasteiger charge is 2.30. The van der Waals surface area contributed by atoms with Crippen molar-refractivity contribution in [3.05, 3.63) is 75.8 Å².